The molecule has 1 aliphatic heterocycles. The maximum Gasteiger partial charge on any atom is 0.326 e. The van der Waals surface area contributed by atoms with E-state index in [0.29, 0.717) is 22.0 Å². The Morgan fingerprint density at radius 1 is 1.24 bits per heavy atom. The molecule has 34 heavy (non-hydrogen) atoms. The summed E-state index contributed by atoms with van der Waals surface area (Å²) in [6, 6.07) is 14.1. The number of ether oxygens (including phenoxy) is 2. The number of aliphatic carboxylic acids is 1. The smallest absolute Gasteiger partial charge is 0.326 e. The molecule has 0 spiro atoms. The van der Waals surface area contributed by atoms with Gasteiger partial charge in [0.25, 0.3) is 6.01 Å². The quantitative estimate of drug-likeness (QED) is 0.403. The minimum absolute atomic E-state index is 0.123. The second-order valence-electron chi connectivity index (χ2n) is 7.94. The maximum atomic E-state index is 13.6. The molecular weight excluding hydrogens is 463 g/mol. The van der Waals surface area contributed by atoms with E-state index in [1.807, 2.05) is 18.2 Å². The average Bonchev–Trinajstić information content (AvgIpc) is 3.25. The Morgan fingerprint density at radius 2 is 2.03 bits per heavy atom. The van der Waals surface area contributed by atoms with Crippen molar-refractivity contribution in [2.24, 2.45) is 0 Å². The first-order chi connectivity index (χ1) is 16.4. The van der Waals surface area contributed by atoms with Crippen LogP contribution in [0.3, 0.4) is 0 Å². The van der Waals surface area contributed by atoms with Crippen molar-refractivity contribution in [3.63, 3.8) is 0 Å². The summed E-state index contributed by atoms with van der Waals surface area (Å²) in [7, 11) is 1.54. The molecular formula is C25H20ClFN2O5. The molecule has 3 aromatic carbocycles. The Labute approximate surface area is 199 Å². The fourth-order valence-corrected chi connectivity index (χ4v) is 4.23. The molecule has 0 radical (unpaired) electrons. The highest BCUT2D eigenvalue weighted by molar-refractivity contribution is 6.30. The SMILES string of the molecule is COc1ccc2c(c1OCc1ccc(Cl)cc1)CC(C(=O)O)N(c1nc3ccc(F)cc3o1)C2. The first-order valence-electron chi connectivity index (χ1n) is 10.5. The number of halogens is 2. The monoisotopic (exact) mass is 482 g/mol. The van der Waals surface area contributed by atoms with Crippen molar-refractivity contribution in [3.8, 4) is 11.5 Å². The van der Waals surface area contributed by atoms with Gasteiger partial charge in [0.05, 0.1) is 7.11 Å². The van der Waals surface area contributed by atoms with E-state index < -0.39 is 17.8 Å². The summed E-state index contributed by atoms with van der Waals surface area (Å²) in [5.74, 6) is -0.475. The molecule has 9 heteroatoms. The second-order valence-corrected chi connectivity index (χ2v) is 8.38. The third-order valence-corrected chi connectivity index (χ3v) is 6.07. The Balaban J connectivity index is 1.50. The number of fused-ring (bicyclic) bond motifs is 2. The van der Waals surface area contributed by atoms with E-state index >= 15 is 0 Å². The Hall–Kier alpha value is -3.78. The molecule has 7 nitrogen and oxygen atoms in total. The molecule has 1 N–H and O–H groups in total. The fraction of sp³-hybridized carbons (Fsp3) is 0.200. The van der Waals surface area contributed by atoms with Crippen LogP contribution in [-0.4, -0.2) is 29.2 Å². The van der Waals surface area contributed by atoms with E-state index in [1.165, 1.54) is 25.3 Å². The number of hydrogen-bond donors (Lipinski definition) is 1. The molecule has 5 rings (SSSR count). The van der Waals surface area contributed by atoms with Crippen LogP contribution in [0.1, 0.15) is 16.7 Å². The minimum atomic E-state index is -1.04. The summed E-state index contributed by atoms with van der Waals surface area (Å²) in [6.07, 6.45) is 0.144. The first-order valence-corrected chi connectivity index (χ1v) is 10.9. The summed E-state index contributed by atoms with van der Waals surface area (Å²) >= 11 is 5.96. The number of rotatable bonds is 6. The number of anilines is 1. The predicted molar refractivity (Wildman–Crippen MR) is 124 cm³/mol. The van der Waals surface area contributed by atoms with Gasteiger partial charge in [-0.15, -0.1) is 0 Å². The number of methoxy groups -OCH3 is 1. The molecule has 0 aliphatic carbocycles. The molecule has 4 aromatic rings. The topological polar surface area (TPSA) is 85.0 Å². The molecule has 1 aliphatic rings. The lowest BCUT2D eigenvalue weighted by atomic mass is 9.93. The summed E-state index contributed by atoms with van der Waals surface area (Å²) in [5, 5.41) is 10.6. The molecule has 0 saturated heterocycles. The number of nitrogens with zero attached hydrogens (tertiary/aromatic N) is 2. The molecule has 1 atom stereocenters. The summed E-state index contributed by atoms with van der Waals surface area (Å²) in [5.41, 5.74) is 3.23. The number of oxazole rings is 1. The first kappa shape index (κ1) is 22.0. The zero-order chi connectivity index (χ0) is 23.8. The van der Waals surface area contributed by atoms with Crippen molar-refractivity contribution in [3.05, 3.63) is 82.1 Å². The van der Waals surface area contributed by atoms with Crippen LogP contribution in [0.5, 0.6) is 11.5 Å². The van der Waals surface area contributed by atoms with Crippen LogP contribution in [-0.2, 0) is 24.4 Å². The minimum Gasteiger partial charge on any atom is -0.493 e. The van der Waals surface area contributed by atoms with Crippen LogP contribution in [0.15, 0.2) is 59.0 Å². The highest BCUT2D eigenvalue weighted by Crippen LogP contribution is 2.40. The summed E-state index contributed by atoms with van der Waals surface area (Å²) in [6.45, 7) is 0.491. The van der Waals surface area contributed by atoms with Crippen LogP contribution in [0, 0.1) is 5.82 Å². The van der Waals surface area contributed by atoms with Crippen LogP contribution in [0.2, 0.25) is 5.02 Å². The van der Waals surface area contributed by atoms with E-state index in [4.69, 9.17) is 25.5 Å². The number of hydrogen-bond acceptors (Lipinski definition) is 6. The van der Waals surface area contributed by atoms with Crippen LogP contribution >= 0.6 is 11.6 Å². The lowest BCUT2D eigenvalue weighted by Gasteiger charge is -2.34. The zero-order valence-electron chi connectivity index (χ0n) is 18.1. The van der Waals surface area contributed by atoms with Crippen molar-refractivity contribution in [1.29, 1.82) is 0 Å². The van der Waals surface area contributed by atoms with E-state index in [2.05, 4.69) is 4.98 Å². The number of benzene rings is 3. The van der Waals surface area contributed by atoms with Gasteiger partial charge in [-0.25, -0.2) is 9.18 Å². The molecule has 0 fully saturated rings. The van der Waals surface area contributed by atoms with Gasteiger partial charge in [0, 0.05) is 29.6 Å². The van der Waals surface area contributed by atoms with Gasteiger partial charge in [0.15, 0.2) is 17.1 Å². The fourth-order valence-electron chi connectivity index (χ4n) is 4.10. The third-order valence-electron chi connectivity index (χ3n) is 5.82. The van der Waals surface area contributed by atoms with Gasteiger partial charge >= 0.3 is 5.97 Å². The number of aromatic nitrogens is 1. The van der Waals surface area contributed by atoms with Crippen LogP contribution in [0.25, 0.3) is 11.1 Å². The maximum absolute atomic E-state index is 13.6. The Morgan fingerprint density at radius 3 is 2.76 bits per heavy atom. The summed E-state index contributed by atoms with van der Waals surface area (Å²) in [4.78, 5) is 18.2. The van der Waals surface area contributed by atoms with E-state index in [-0.39, 0.29) is 31.2 Å². The average molecular weight is 483 g/mol. The standard InChI is InChI=1S/C25H20ClFN2O5/c1-32-21-9-4-15-12-29(25-28-19-8-7-17(27)10-22(19)34-25)20(24(30)31)11-18(15)23(21)33-13-14-2-5-16(26)6-3-14/h2-10,20H,11-13H2,1H3,(H,30,31). The number of carboxylic acid groups (broad SMARTS) is 1. The third kappa shape index (κ3) is 4.12. The van der Waals surface area contributed by atoms with Gasteiger partial charge in [0.2, 0.25) is 0 Å². The Kier molecular flexibility index (Phi) is 5.75. The molecule has 0 amide bonds. The largest absolute Gasteiger partial charge is 0.493 e. The van der Waals surface area contributed by atoms with Crippen molar-refractivity contribution in [1.82, 2.24) is 4.98 Å². The molecule has 0 saturated carbocycles. The number of carbonyl (C=O) groups is 1. The van der Waals surface area contributed by atoms with Gasteiger partial charge in [-0.1, -0.05) is 29.8 Å². The second kappa shape index (κ2) is 8.87. The highest BCUT2D eigenvalue weighted by Gasteiger charge is 2.36. The lowest BCUT2D eigenvalue weighted by molar-refractivity contribution is -0.138. The van der Waals surface area contributed by atoms with Crippen molar-refractivity contribution >= 4 is 34.7 Å². The van der Waals surface area contributed by atoms with Crippen molar-refractivity contribution < 1.29 is 28.2 Å². The van der Waals surface area contributed by atoms with E-state index in [0.717, 1.165) is 16.7 Å². The van der Waals surface area contributed by atoms with Gasteiger partial charge in [-0.05, 0) is 41.5 Å². The zero-order valence-corrected chi connectivity index (χ0v) is 18.9. The van der Waals surface area contributed by atoms with Gasteiger partial charge in [-0.3, -0.25) is 0 Å². The van der Waals surface area contributed by atoms with Gasteiger partial charge in [0.1, 0.15) is 24.0 Å². The Bertz CT molecular complexity index is 1370. The molecule has 174 valence electrons. The highest BCUT2D eigenvalue weighted by atomic mass is 35.5. The van der Waals surface area contributed by atoms with Gasteiger partial charge in [-0.2, -0.15) is 4.98 Å². The number of carboxylic acids is 1. The lowest BCUT2D eigenvalue weighted by Crippen LogP contribution is -2.46. The van der Waals surface area contributed by atoms with E-state index in [9.17, 15) is 14.3 Å². The molecule has 0 bridgehead atoms. The van der Waals surface area contributed by atoms with Crippen molar-refractivity contribution in [2.45, 2.75) is 25.6 Å². The predicted octanol–water partition coefficient (Wildman–Crippen LogP) is 5.22. The van der Waals surface area contributed by atoms with Crippen molar-refractivity contribution in [2.75, 3.05) is 12.0 Å². The van der Waals surface area contributed by atoms with Crippen LogP contribution in [0.4, 0.5) is 10.4 Å². The molecule has 1 unspecified atom stereocenters. The summed E-state index contributed by atoms with van der Waals surface area (Å²) < 4.78 is 30.9. The van der Waals surface area contributed by atoms with Crippen LogP contribution < -0.4 is 14.4 Å². The molecule has 1 aromatic heterocycles. The van der Waals surface area contributed by atoms with E-state index in [1.54, 1.807) is 23.1 Å². The normalized spacial score (nSPS) is 15.3. The van der Waals surface area contributed by atoms with Gasteiger partial charge < -0.3 is 23.9 Å². The molecule has 2 heterocycles.